The van der Waals surface area contributed by atoms with Crippen LogP contribution in [0.25, 0.3) is 0 Å². The number of hydrogen-bond acceptors (Lipinski definition) is 4. The molecule has 1 aromatic heterocycles. The van der Waals surface area contributed by atoms with E-state index in [2.05, 4.69) is 20.8 Å². The van der Waals surface area contributed by atoms with E-state index in [-0.39, 0.29) is 11.7 Å². The van der Waals surface area contributed by atoms with Gasteiger partial charge in [0.05, 0.1) is 0 Å². The molecule has 1 amide bonds. The zero-order valence-electron chi connectivity index (χ0n) is 14.2. The first kappa shape index (κ1) is 17.3. The summed E-state index contributed by atoms with van der Waals surface area (Å²) in [4.78, 5) is 12.1. The maximum absolute atomic E-state index is 12.8. The van der Waals surface area contributed by atoms with Crippen LogP contribution in [0.4, 0.5) is 10.2 Å². The van der Waals surface area contributed by atoms with Crippen molar-refractivity contribution < 1.29 is 9.18 Å². The fourth-order valence-electron chi connectivity index (χ4n) is 3.05. The van der Waals surface area contributed by atoms with Crippen LogP contribution in [0.1, 0.15) is 48.2 Å². The molecule has 1 fully saturated rings. The molecule has 1 heterocycles. The van der Waals surface area contributed by atoms with Crippen LogP contribution in [0.2, 0.25) is 0 Å². The second kappa shape index (κ2) is 8.55. The van der Waals surface area contributed by atoms with Gasteiger partial charge in [0.15, 0.2) is 5.69 Å². The topological polar surface area (TPSA) is 66.9 Å². The first-order chi connectivity index (χ1) is 12.2. The molecule has 2 N–H and O–H groups in total. The van der Waals surface area contributed by atoms with Crippen molar-refractivity contribution in [1.82, 2.24) is 15.5 Å². The first-order valence-corrected chi connectivity index (χ1v) is 8.83. The van der Waals surface area contributed by atoms with Gasteiger partial charge in [0, 0.05) is 12.6 Å². The molecule has 25 heavy (non-hydrogen) atoms. The van der Waals surface area contributed by atoms with Crippen molar-refractivity contribution in [1.29, 1.82) is 0 Å². The molecule has 0 unspecified atom stereocenters. The maximum Gasteiger partial charge on any atom is 0.271 e. The summed E-state index contributed by atoms with van der Waals surface area (Å²) < 4.78 is 12.8. The molecule has 1 aromatic carbocycles. The van der Waals surface area contributed by atoms with Gasteiger partial charge < -0.3 is 10.6 Å². The Morgan fingerprint density at radius 1 is 1.04 bits per heavy atom. The molecule has 1 saturated carbocycles. The fourth-order valence-corrected chi connectivity index (χ4v) is 3.05. The number of rotatable bonds is 6. The van der Waals surface area contributed by atoms with E-state index in [1.165, 1.54) is 31.4 Å². The maximum atomic E-state index is 12.8. The second-order valence-corrected chi connectivity index (χ2v) is 6.42. The molecule has 6 heteroatoms. The number of carbonyl (C=O) groups is 1. The lowest BCUT2D eigenvalue weighted by Gasteiger charge is -2.22. The highest BCUT2D eigenvalue weighted by Gasteiger charge is 2.14. The van der Waals surface area contributed by atoms with Crippen LogP contribution >= 0.6 is 0 Å². The average Bonchev–Trinajstić information content (AvgIpc) is 2.65. The van der Waals surface area contributed by atoms with E-state index in [9.17, 15) is 9.18 Å². The van der Waals surface area contributed by atoms with Crippen LogP contribution in [0, 0.1) is 5.82 Å². The molecular formula is C19H23FN4O. The molecule has 1 aliphatic carbocycles. The lowest BCUT2D eigenvalue weighted by Crippen LogP contribution is -2.27. The molecule has 0 bridgehead atoms. The molecule has 2 aromatic rings. The number of nitrogens with one attached hydrogen (secondary N) is 2. The van der Waals surface area contributed by atoms with E-state index in [1.807, 2.05) is 0 Å². The number of aromatic nitrogens is 2. The van der Waals surface area contributed by atoms with E-state index in [0.717, 1.165) is 24.2 Å². The zero-order chi connectivity index (χ0) is 17.5. The van der Waals surface area contributed by atoms with Crippen molar-refractivity contribution in [2.24, 2.45) is 0 Å². The lowest BCUT2D eigenvalue weighted by atomic mass is 9.95. The van der Waals surface area contributed by atoms with Crippen molar-refractivity contribution >= 4 is 11.7 Å². The Hall–Kier alpha value is -2.50. The summed E-state index contributed by atoms with van der Waals surface area (Å²) in [6.07, 6.45) is 6.77. The van der Waals surface area contributed by atoms with E-state index in [0.29, 0.717) is 24.7 Å². The van der Waals surface area contributed by atoms with E-state index >= 15 is 0 Å². The first-order valence-electron chi connectivity index (χ1n) is 8.83. The SMILES string of the molecule is O=C(NCCc1ccc(F)cc1)c1ccc(NC2CCCCC2)nn1. The van der Waals surface area contributed by atoms with Crippen molar-refractivity contribution in [3.8, 4) is 0 Å². The van der Waals surface area contributed by atoms with Crippen LogP contribution in [0.5, 0.6) is 0 Å². The smallest absolute Gasteiger partial charge is 0.271 e. The molecule has 3 rings (SSSR count). The third-order valence-electron chi connectivity index (χ3n) is 4.47. The van der Waals surface area contributed by atoms with E-state index < -0.39 is 0 Å². The molecule has 0 radical (unpaired) electrons. The van der Waals surface area contributed by atoms with E-state index in [1.54, 1.807) is 24.3 Å². The summed E-state index contributed by atoms with van der Waals surface area (Å²) in [5.74, 6) is 0.207. The minimum absolute atomic E-state index is 0.251. The Bertz CT molecular complexity index is 682. The van der Waals surface area contributed by atoms with Crippen LogP contribution < -0.4 is 10.6 Å². The number of halogens is 1. The zero-order valence-corrected chi connectivity index (χ0v) is 14.2. The van der Waals surface area contributed by atoms with Crippen molar-refractivity contribution in [3.63, 3.8) is 0 Å². The summed E-state index contributed by atoms with van der Waals surface area (Å²) in [6.45, 7) is 0.466. The average molecular weight is 342 g/mol. The van der Waals surface area contributed by atoms with Crippen LogP contribution in [0.3, 0.4) is 0 Å². The van der Waals surface area contributed by atoms with Gasteiger partial charge in [-0.05, 0) is 49.1 Å². The molecule has 0 atom stereocenters. The van der Waals surface area contributed by atoms with Gasteiger partial charge in [-0.15, -0.1) is 10.2 Å². The van der Waals surface area contributed by atoms with Gasteiger partial charge in [-0.25, -0.2) is 4.39 Å². The summed E-state index contributed by atoms with van der Waals surface area (Å²) in [7, 11) is 0. The van der Waals surface area contributed by atoms with Gasteiger partial charge in [-0.2, -0.15) is 0 Å². The van der Waals surface area contributed by atoms with Gasteiger partial charge in [0.2, 0.25) is 0 Å². The molecule has 5 nitrogen and oxygen atoms in total. The highest BCUT2D eigenvalue weighted by Crippen LogP contribution is 2.20. The Morgan fingerprint density at radius 2 is 1.80 bits per heavy atom. The minimum Gasteiger partial charge on any atom is -0.366 e. The predicted octanol–water partition coefficient (Wildman–Crippen LogP) is 3.33. The number of amides is 1. The summed E-state index contributed by atoms with van der Waals surface area (Å²) in [5, 5.41) is 14.3. The van der Waals surface area contributed by atoms with Gasteiger partial charge >= 0.3 is 0 Å². The molecule has 0 spiro atoms. The van der Waals surface area contributed by atoms with Crippen molar-refractivity contribution in [2.45, 2.75) is 44.6 Å². The Labute approximate surface area is 147 Å². The van der Waals surface area contributed by atoms with Crippen LogP contribution in [0.15, 0.2) is 36.4 Å². The number of carbonyl (C=O) groups excluding carboxylic acids is 1. The standard InChI is InChI=1S/C19H23FN4O/c20-15-8-6-14(7-9-15)12-13-21-19(25)17-10-11-18(24-23-17)22-16-4-2-1-3-5-16/h6-11,16H,1-5,12-13H2,(H,21,25)(H,22,24). The largest absolute Gasteiger partial charge is 0.366 e. The second-order valence-electron chi connectivity index (χ2n) is 6.42. The van der Waals surface area contributed by atoms with Gasteiger partial charge in [0.25, 0.3) is 5.91 Å². The molecule has 1 aliphatic rings. The number of anilines is 1. The predicted molar refractivity (Wildman–Crippen MR) is 95.0 cm³/mol. The van der Waals surface area contributed by atoms with Gasteiger partial charge in [0.1, 0.15) is 11.6 Å². The van der Waals surface area contributed by atoms with Gasteiger partial charge in [-0.1, -0.05) is 31.4 Å². The normalized spacial score (nSPS) is 14.9. The minimum atomic E-state index is -0.259. The monoisotopic (exact) mass is 342 g/mol. The third kappa shape index (κ3) is 5.24. The van der Waals surface area contributed by atoms with Crippen molar-refractivity contribution in [2.75, 3.05) is 11.9 Å². The van der Waals surface area contributed by atoms with E-state index in [4.69, 9.17) is 0 Å². The number of hydrogen-bond donors (Lipinski definition) is 2. The highest BCUT2D eigenvalue weighted by molar-refractivity contribution is 5.92. The van der Waals surface area contributed by atoms with Crippen LogP contribution in [-0.4, -0.2) is 28.7 Å². The Balaban J connectivity index is 1.46. The summed E-state index contributed by atoms with van der Waals surface area (Å²) in [5.41, 5.74) is 1.27. The summed E-state index contributed by atoms with van der Waals surface area (Å²) in [6, 6.07) is 10.2. The molecular weight excluding hydrogens is 319 g/mol. The lowest BCUT2D eigenvalue weighted by molar-refractivity contribution is 0.0948. The Morgan fingerprint density at radius 3 is 2.48 bits per heavy atom. The molecule has 0 saturated heterocycles. The Kier molecular flexibility index (Phi) is 5.93. The fraction of sp³-hybridized carbons (Fsp3) is 0.421. The quantitative estimate of drug-likeness (QED) is 0.845. The molecule has 132 valence electrons. The molecule has 0 aliphatic heterocycles. The third-order valence-corrected chi connectivity index (χ3v) is 4.47. The van der Waals surface area contributed by atoms with Crippen molar-refractivity contribution in [3.05, 3.63) is 53.5 Å². The number of benzene rings is 1. The summed E-state index contributed by atoms with van der Waals surface area (Å²) >= 11 is 0. The highest BCUT2D eigenvalue weighted by atomic mass is 19.1. The van der Waals surface area contributed by atoms with Gasteiger partial charge in [-0.3, -0.25) is 4.79 Å². The number of nitrogens with zero attached hydrogens (tertiary/aromatic N) is 2. The van der Waals surface area contributed by atoms with Crippen LogP contribution in [-0.2, 0) is 6.42 Å².